The highest BCUT2D eigenvalue weighted by Crippen LogP contribution is 1.98. The molecule has 2 N–H and O–H groups in total. The van der Waals surface area contributed by atoms with Gasteiger partial charge in [-0.3, -0.25) is 9.59 Å². The van der Waals surface area contributed by atoms with E-state index in [9.17, 15) is 9.59 Å². The van der Waals surface area contributed by atoms with Crippen molar-refractivity contribution in [3.8, 4) is 0 Å². The highest BCUT2D eigenvalue weighted by Gasteiger charge is 2.11. The number of nitrogens with one attached hydrogen (secondary N) is 1. The lowest BCUT2D eigenvalue weighted by atomic mass is 10.2. The van der Waals surface area contributed by atoms with Gasteiger partial charge in [0, 0.05) is 19.4 Å². The van der Waals surface area contributed by atoms with Crippen LogP contribution < -0.4 is 5.32 Å². The van der Waals surface area contributed by atoms with Gasteiger partial charge in [0.15, 0.2) is 0 Å². The van der Waals surface area contributed by atoms with Crippen molar-refractivity contribution in [3.05, 3.63) is 0 Å². The molecule has 0 heterocycles. The van der Waals surface area contributed by atoms with Gasteiger partial charge in [0.05, 0.1) is 18.3 Å². The van der Waals surface area contributed by atoms with E-state index in [0.717, 1.165) is 0 Å². The van der Waals surface area contributed by atoms with Crippen molar-refractivity contribution >= 4 is 23.6 Å². The zero-order valence-electron chi connectivity index (χ0n) is 8.99. The molecule has 88 valence electrons. The number of hydrogen-bond donors (Lipinski definition) is 2. The Bertz CT molecular complexity index is 210. The highest BCUT2D eigenvalue weighted by molar-refractivity contribution is 7.99. The summed E-state index contributed by atoms with van der Waals surface area (Å²) in [6.07, 6.45) is 0. The summed E-state index contributed by atoms with van der Waals surface area (Å²) in [6.45, 7) is 2.67. The smallest absolute Gasteiger partial charge is 0.313 e. The van der Waals surface area contributed by atoms with Crippen LogP contribution in [0.15, 0.2) is 0 Å². The van der Waals surface area contributed by atoms with E-state index < -0.39 is 5.97 Å². The van der Waals surface area contributed by atoms with Crippen LogP contribution in [0.5, 0.6) is 0 Å². The number of aliphatic carboxylic acids is 1. The van der Waals surface area contributed by atoms with E-state index in [4.69, 9.17) is 9.84 Å². The van der Waals surface area contributed by atoms with Crippen LogP contribution in [0.3, 0.4) is 0 Å². The molecule has 0 spiro atoms. The molecule has 0 aliphatic carbocycles. The molecule has 0 bridgehead atoms. The Hall–Kier alpha value is -0.750. The highest BCUT2D eigenvalue weighted by atomic mass is 32.2. The van der Waals surface area contributed by atoms with Crippen LogP contribution >= 0.6 is 11.8 Å². The largest absolute Gasteiger partial charge is 0.481 e. The number of carbonyl (C=O) groups is 2. The lowest BCUT2D eigenvalue weighted by molar-refractivity contribution is -0.134. The number of carboxylic acid groups (broad SMARTS) is 1. The van der Waals surface area contributed by atoms with Gasteiger partial charge in [-0.1, -0.05) is 6.92 Å². The van der Waals surface area contributed by atoms with Crippen LogP contribution in [0, 0.1) is 5.92 Å². The van der Waals surface area contributed by atoms with Gasteiger partial charge >= 0.3 is 5.97 Å². The van der Waals surface area contributed by atoms with E-state index >= 15 is 0 Å². The normalized spacial score (nSPS) is 12.1. The van der Waals surface area contributed by atoms with Gasteiger partial charge in [0.1, 0.15) is 0 Å². The van der Waals surface area contributed by atoms with E-state index in [1.54, 1.807) is 14.0 Å². The molecule has 0 rings (SSSR count). The summed E-state index contributed by atoms with van der Waals surface area (Å²) in [5.74, 6) is -0.382. The molecule has 0 saturated heterocycles. The van der Waals surface area contributed by atoms with E-state index in [-0.39, 0.29) is 17.6 Å². The monoisotopic (exact) mass is 235 g/mol. The van der Waals surface area contributed by atoms with Crippen LogP contribution in [0.4, 0.5) is 0 Å². The average molecular weight is 235 g/mol. The van der Waals surface area contributed by atoms with Gasteiger partial charge in [-0.05, 0) is 0 Å². The summed E-state index contributed by atoms with van der Waals surface area (Å²) in [5.41, 5.74) is 0. The van der Waals surface area contributed by atoms with E-state index in [0.29, 0.717) is 18.9 Å². The number of ether oxygens (including phenoxy) is 1. The van der Waals surface area contributed by atoms with Crippen molar-refractivity contribution in [2.24, 2.45) is 5.92 Å². The van der Waals surface area contributed by atoms with E-state index in [1.807, 2.05) is 0 Å². The Kier molecular flexibility index (Phi) is 8.12. The molecule has 15 heavy (non-hydrogen) atoms. The molecule has 0 aliphatic rings. The first-order valence-corrected chi connectivity index (χ1v) is 5.79. The molecular weight excluding hydrogens is 218 g/mol. The molecule has 1 unspecified atom stereocenters. The number of rotatable bonds is 8. The third kappa shape index (κ3) is 8.26. The average Bonchev–Trinajstić information content (AvgIpc) is 2.16. The van der Waals surface area contributed by atoms with E-state index in [2.05, 4.69) is 5.32 Å². The molecule has 0 aromatic rings. The lowest BCUT2D eigenvalue weighted by Crippen LogP contribution is -2.33. The second-order valence-electron chi connectivity index (χ2n) is 3.09. The summed E-state index contributed by atoms with van der Waals surface area (Å²) < 4.78 is 4.84. The number of methoxy groups -OCH3 is 1. The van der Waals surface area contributed by atoms with Crippen molar-refractivity contribution in [3.63, 3.8) is 0 Å². The number of thioether (sulfide) groups is 1. The second kappa shape index (κ2) is 8.55. The maximum Gasteiger partial charge on any atom is 0.313 e. The minimum Gasteiger partial charge on any atom is -0.481 e. The Morgan fingerprint density at radius 3 is 2.73 bits per heavy atom. The van der Waals surface area contributed by atoms with Gasteiger partial charge in [0.25, 0.3) is 0 Å². The third-order valence-electron chi connectivity index (χ3n) is 1.64. The zero-order valence-corrected chi connectivity index (χ0v) is 9.80. The Labute approximate surface area is 93.6 Å². The summed E-state index contributed by atoms with van der Waals surface area (Å²) in [5, 5.41) is 11.1. The fourth-order valence-electron chi connectivity index (χ4n) is 0.906. The summed E-state index contributed by atoms with van der Waals surface area (Å²) >= 11 is 1.28. The topological polar surface area (TPSA) is 75.6 Å². The second-order valence-corrected chi connectivity index (χ2v) is 4.20. The van der Waals surface area contributed by atoms with Gasteiger partial charge in [0.2, 0.25) is 5.91 Å². The molecule has 0 fully saturated rings. The number of hydrogen-bond acceptors (Lipinski definition) is 4. The SMILES string of the molecule is COCC(C)C(=O)NCCSCC(=O)O. The predicted octanol–water partition coefficient (Wildman–Crippen LogP) is 0.203. The van der Waals surface area contributed by atoms with Crippen molar-refractivity contribution in [1.29, 1.82) is 0 Å². The molecule has 1 amide bonds. The van der Waals surface area contributed by atoms with Crippen LogP contribution in [0.25, 0.3) is 0 Å². The van der Waals surface area contributed by atoms with Crippen LogP contribution in [-0.4, -0.2) is 48.8 Å². The minimum atomic E-state index is -0.834. The Balaban J connectivity index is 3.42. The minimum absolute atomic E-state index is 0.0622. The number of amides is 1. The fourth-order valence-corrected chi connectivity index (χ4v) is 1.47. The molecule has 0 radical (unpaired) electrons. The molecule has 1 atom stereocenters. The molecule has 6 heteroatoms. The molecule has 0 saturated carbocycles. The lowest BCUT2D eigenvalue weighted by Gasteiger charge is -2.10. The summed E-state index contributed by atoms with van der Waals surface area (Å²) in [4.78, 5) is 21.5. The first-order chi connectivity index (χ1) is 7.07. The summed E-state index contributed by atoms with van der Waals surface area (Å²) in [6, 6.07) is 0. The maximum absolute atomic E-state index is 11.3. The number of carboxylic acids is 1. The first kappa shape index (κ1) is 14.2. The molecule has 5 nitrogen and oxygen atoms in total. The first-order valence-electron chi connectivity index (χ1n) is 4.64. The molecule has 0 aromatic heterocycles. The predicted molar refractivity (Wildman–Crippen MR) is 59.0 cm³/mol. The summed E-state index contributed by atoms with van der Waals surface area (Å²) in [7, 11) is 1.55. The van der Waals surface area contributed by atoms with Gasteiger partial charge in [-0.25, -0.2) is 0 Å². The van der Waals surface area contributed by atoms with E-state index in [1.165, 1.54) is 11.8 Å². The molecule has 0 aromatic carbocycles. The van der Waals surface area contributed by atoms with Crippen molar-refractivity contribution in [2.75, 3.05) is 31.8 Å². The number of carbonyl (C=O) groups excluding carboxylic acids is 1. The molecular formula is C9H17NO4S. The van der Waals surface area contributed by atoms with Gasteiger partial charge in [-0.15, -0.1) is 11.8 Å². The standard InChI is InChI=1S/C9H17NO4S/c1-7(5-14-2)9(13)10-3-4-15-6-8(11)12/h7H,3-6H2,1-2H3,(H,10,13)(H,11,12). The van der Waals surface area contributed by atoms with Gasteiger partial charge < -0.3 is 15.2 Å². The van der Waals surface area contributed by atoms with Gasteiger partial charge in [-0.2, -0.15) is 0 Å². The zero-order chi connectivity index (χ0) is 11.7. The van der Waals surface area contributed by atoms with Crippen molar-refractivity contribution < 1.29 is 19.4 Å². The quantitative estimate of drug-likeness (QED) is 0.588. The molecule has 0 aliphatic heterocycles. The van der Waals surface area contributed by atoms with Crippen molar-refractivity contribution in [1.82, 2.24) is 5.32 Å². The third-order valence-corrected chi connectivity index (χ3v) is 2.58. The van der Waals surface area contributed by atoms with Crippen LogP contribution in [0.1, 0.15) is 6.92 Å². The Morgan fingerprint density at radius 1 is 1.53 bits per heavy atom. The van der Waals surface area contributed by atoms with Crippen molar-refractivity contribution in [2.45, 2.75) is 6.92 Å². The van der Waals surface area contributed by atoms with Crippen LogP contribution in [0.2, 0.25) is 0 Å². The maximum atomic E-state index is 11.3. The Morgan fingerprint density at radius 2 is 2.20 bits per heavy atom. The fraction of sp³-hybridized carbons (Fsp3) is 0.778. The van der Waals surface area contributed by atoms with Crippen LogP contribution in [-0.2, 0) is 14.3 Å².